The number of likely N-dealkylation sites (tertiary alicyclic amines) is 1. The van der Waals surface area contributed by atoms with Crippen LogP contribution in [-0.2, 0) is 6.42 Å². The fraction of sp³-hybridized carbons (Fsp3) is 0.647. The van der Waals surface area contributed by atoms with Crippen LogP contribution in [0.5, 0.6) is 0 Å². The van der Waals surface area contributed by atoms with Gasteiger partial charge < -0.3 is 5.73 Å². The molecule has 2 nitrogen and oxygen atoms in total. The van der Waals surface area contributed by atoms with Crippen molar-refractivity contribution in [2.45, 2.75) is 57.0 Å². The molecule has 19 heavy (non-hydrogen) atoms. The summed E-state index contributed by atoms with van der Waals surface area (Å²) < 4.78 is 0. The lowest BCUT2D eigenvalue weighted by atomic mass is 9.72. The number of hydrogen-bond acceptors (Lipinski definition) is 2. The molecule has 2 heteroatoms. The van der Waals surface area contributed by atoms with Crippen LogP contribution in [0.3, 0.4) is 0 Å². The second-order valence-corrected chi connectivity index (χ2v) is 6.79. The number of fused-ring (bicyclic) bond motifs is 1. The molecule has 0 aromatic heterocycles. The first-order valence-corrected chi connectivity index (χ1v) is 7.67. The Bertz CT molecular complexity index is 446. The highest BCUT2D eigenvalue weighted by Gasteiger charge is 2.37. The molecule has 2 atom stereocenters. The molecule has 0 spiro atoms. The van der Waals surface area contributed by atoms with E-state index in [1.807, 2.05) is 0 Å². The molecule has 1 heterocycles. The van der Waals surface area contributed by atoms with Crippen LogP contribution in [0, 0.1) is 0 Å². The van der Waals surface area contributed by atoms with Crippen molar-refractivity contribution >= 4 is 0 Å². The van der Waals surface area contributed by atoms with Gasteiger partial charge >= 0.3 is 0 Å². The molecular weight excluding hydrogens is 232 g/mol. The Kier molecular flexibility index (Phi) is 3.40. The van der Waals surface area contributed by atoms with Gasteiger partial charge in [-0.2, -0.15) is 0 Å². The summed E-state index contributed by atoms with van der Waals surface area (Å²) in [5.74, 6) is 0.688. The van der Waals surface area contributed by atoms with Crippen molar-refractivity contribution in [1.29, 1.82) is 0 Å². The standard InChI is InChI=1S/C17H26N2/c1-17(2,19-9-5-6-10-19)16(18)12-14-11-13-7-3-4-8-15(13)14/h3-4,7-8,14,16H,5-6,9-12,18H2,1-2H3. The first-order valence-electron chi connectivity index (χ1n) is 7.67. The lowest BCUT2D eigenvalue weighted by Crippen LogP contribution is -2.55. The van der Waals surface area contributed by atoms with E-state index in [1.54, 1.807) is 0 Å². The van der Waals surface area contributed by atoms with Crippen LogP contribution in [0.4, 0.5) is 0 Å². The van der Waals surface area contributed by atoms with Crippen LogP contribution in [-0.4, -0.2) is 29.6 Å². The van der Waals surface area contributed by atoms with Crippen molar-refractivity contribution < 1.29 is 0 Å². The fourth-order valence-corrected chi connectivity index (χ4v) is 3.70. The summed E-state index contributed by atoms with van der Waals surface area (Å²) in [6.07, 6.45) is 5.02. The third-order valence-corrected chi connectivity index (χ3v) is 5.33. The zero-order valence-corrected chi connectivity index (χ0v) is 12.2. The molecule has 0 amide bonds. The molecule has 1 aromatic carbocycles. The van der Waals surface area contributed by atoms with Gasteiger partial charge in [0.15, 0.2) is 0 Å². The molecule has 2 N–H and O–H groups in total. The van der Waals surface area contributed by atoms with Crippen LogP contribution < -0.4 is 5.73 Å². The lowest BCUT2D eigenvalue weighted by molar-refractivity contribution is 0.115. The molecule has 104 valence electrons. The third-order valence-electron chi connectivity index (χ3n) is 5.33. The summed E-state index contributed by atoms with van der Waals surface area (Å²) in [6.45, 7) is 7.10. The predicted octanol–water partition coefficient (Wildman–Crippen LogP) is 2.92. The number of benzene rings is 1. The molecule has 1 fully saturated rings. The summed E-state index contributed by atoms with van der Waals surface area (Å²) in [5.41, 5.74) is 9.76. The Morgan fingerprint density at radius 1 is 1.26 bits per heavy atom. The molecule has 2 unspecified atom stereocenters. The minimum atomic E-state index is 0.140. The first kappa shape index (κ1) is 13.1. The van der Waals surface area contributed by atoms with Crippen LogP contribution in [0.1, 0.15) is 50.2 Å². The van der Waals surface area contributed by atoms with Crippen molar-refractivity contribution in [2.24, 2.45) is 5.73 Å². The quantitative estimate of drug-likeness (QED) is 0.899. The van der Waals surface area contributed by atoms with Gasteiger partial charge in [-0.25, -0.2) is 0 Å². The van der Waals surface area contributed by atoms with Gasteiger partial charge in [0.1, 0.15) is 0 Å². The summed E-state index contributed by atoms with van der Waals surface area (Å²) >= 11 is 0. The highest BCUT2D eigenvalue weighted by molar-refractivity contribution is 5.40. The topological polar surface area (TPSA) is 29.3 Å². The minimum absolute atomic E-state index is 0.140. The number of nitrogens with zero attached hydrogens (tertiary/aromatic N) is 1. The molecule has 2 aliphatic rings. The van der Waals surface area contributed by atoms with E-state index in [2.05, 4.69) is 43.0 Å². The molecule has 0 bridgehead atoms. The highest BCUT2D eigenvalue weighted by atomic mass is 15.2. The van der Waals surface area contributed by atoms with E-state index >= 15 is 0 Å². The number of nitrogens with two attached hydrogens (primary N) is 1. The third kappa shape index (κ3) is 2.32. The number of rotatable bonds is 4. The molecule has 3 rings (SSSR count). The van der Waals surface area contributed by atoms with Gasteiger partial charge in [0, 0.05) is 11.6 Å². The monoisotopic (exact) mass is 258 g/mol. The maximum absolute atomic E-state index is 6.56. The van der Waals surface area contributed by atoms with Gasteiger partial charge in [-0.15, -0.1) is 0 Å². The smallest absolute Gasteiger partial charge is 0.0304 e. The van der Waals surface area contributed by atoms with Gasteiger partial charge in [-0.3, -0.25) is 4.90 Å². The SMILES string of the molecule is CC(C)(C(N)CC1Cc2ccccc21)N1CCCC1. The fourth-order valence-electron chi connectivity index (χ4n) is 3.70. The van der Waals surface area contributed by atoms with Crippen LogP contribution >= 0.6 is 0 Å². The van der Waals surface area contributed by atoms with Crippen LogP contribution in [0.25, 0.3) is 0 Å². The second kappa shape index (κ2) is 4.92. The molecule has 0 saturated carbocycles. The normalized spacial score (nSPS) is 24.9. The average Bonchev–Trinajstić information content (AvgIpc) is 2.90. The Morgan fingerprint density at radius 2 is 1.95 bits per heavy atom. The van der Waals surface area contributed by atoms with E-state index in [-0.39, 0.29) is 11.6 Å². The minimum Gasteiger partial charge on any atom is -0.326 e. The van der Waals surface area contributed by atoms with Crippen molar-refractivity contribution in [3.8, 4) is 0 Å². The zero-order chi connectivity index (χ0) is 13.5. The van der Waals surface area contributed by atoms with Crippen molar-refractivity contribution in [3.05, 3.63) is 35.4 Å². The predicted molar refractivity (Wildman–Crippen MR) is 80.4 cm³/mol. The van der Waals surface area contributed by atoms with E-state index in [0.29, 0.717) is 5.92 Å². The largest absolute Gasteiger partial charge is 0.326 e. The van der Waals surface area contributed by atoms with Crippen molar-refractivity contribution in [1.82, 2.24) is 4.90 Å². The van der Waals surface area contributed by atoms with Gasteiger partial charge in [-0.1, -0.05) is 24.3 Å². The molecule has 0 radical (unpaired) electrons. The maximum Gasteiger partial charge on any atom is 0.0304 e. The molecule has 1 aromatic rings. The summed E-state index contributed by atoms with van der Waals surface area (Å²) in [7, 11) is 0. The summed E-state index contributed by atoms with van der Waals surface area (Å²) in [4.78, 5) is 2.59. The number of hydrogen-bond donors (Lipinski definition) is 1. The van der Waals surface area contributed by atoms with Crippen molar-refractivity contribution in [2.75, 3.05) is 13.1 Å². The molecule has 1 saturated heterocycles. The van der Waals surface area contributed by atoms with Crippen LogP contribution in [0.2, 0.25) is 0 Å². The van der Waals surface area contributed by atoms with E-state index in [0.717, 1.165) is 6.42 Å². The lowest BCUT2D eigenvalue weighted by Gasteiger charge is -2.43. The first-order chi connectivity index (χ1) is 9.09. The zero-order valence-electron chi connectivity index (χ0n) is 12.2. The van der Waals surface area contributed by atoms with E-state index in [4.69, 9.17) is 5.73 Å². The average molecular weight is 258 g/mol. The molecular formula is C17H26N2. The van der Waals surface area contributed by atoms with E-state index in [9.17, 15) is 0 Å². The van der Waals surface area contributed by atoms with Gasteiger partial charge in [0.2, 0.25) is 0 Å². The molecule has 1 aliphatic carbocycles. The Morgan fingerprint density at radius 3 is 2.63 bits per heavy atom. The Labute approximate surface area is 117 Å². The van der Waals surface area contributed by atoms with E-state index in [1.165, 1.54) is 43.5 Å². The van der Waals surface area contributed by atoms with Gasteiger partial charge in [-0.05, 0) is 69.7 Å². The molecule has 1 aliphatic heterocycles. The maximum atomic E-state index is 6.56. The Balaban J connectivity index is 1.64. The summed E-state index contributed by atoms with van der Waals surface area (Å²) in [6, 6.07) is 9.09. The Hall–Kier alpha value is -0.860. The van der Waals surface area contributed by atoms with Crippen molar-refractivity contribution in [3.63, 3.8) is 0 Å². The van der Waals surface area contributed by atoms with Gasteiger partial charge in [0.05, 0.1) is 0 Å². The van der Waals surface area contributed by atoms with Gasteiger partial charge in [0.25, 0.3) is 0 Å². The van der Waals surface area contributed by atoms with Crippen LogP contribution in [0.15, 0.2) is 24.3 Å². The van der Waals surface area contributed by atoms with E-state index < -0.39 is 0 Å². The second-order valence-electron chi connectivity index (χ2n) is 6.79. The summed E-state index contributed by atoms with van der Waals surface area (Å²) in [5, 5.41) is 0. The highest BCUT2D eigenvalue weighted by Crippen LogP contribution is 2.39.